The number of nitrogens with one attached hydrogen (secondary N) is 1. The first kappa shape index (κ1) is 12.9. The van der Waals surface area contributed by atoms with Crippen LogP contribution in [0.1, 0.15) is 43.0 Å². The highest BCUT2D eigenvalue weighted by Gasteiger charge is 2.33. The average molecular weight is 247 g/mol. The van der Waals surface area contributed by atoms with E-state index in [4.69, 9.17) is 0 Å². The second kappa shape index (κ2) is 5.85. The molecule has 1 amide bonds. The molecule has 0 bridgehead atoms. The minimum atomic E-state index is 0.137. The normalized spacial score (nSPS) is 14.3. The highest BCUT2D eigenvalue weighted by molar-refractivity contribution is 5.99. The van der Waals surface area contributed by atoms with Crippen LogP contribution in [0.2, 0.25) is 0 Å². The molecule has 1 aromatic rings. The van der Waals surface area contributed by atoms with Gasteiger partial charge in [-0.2, -0.15) is 0 Å². The maximum Gasteiger partial charge on any atom is 0.256 e. The summed E-state index contributed by atoms with van der Waals surface area (Å²) in [6.07, 6.45) is 7.87. The molecule has 1 heterocycles. The maximum absolute atomic E-state index is 12.6. The molecular formula is C14H21N3O. The molecule has 0 spiro atoms. The fourth-order valence-electron chi connectivity index (χ4n) is 2.10. The number of nitrogens with zero attached hydrogens (tertiary/aromatic N) is 2. The van der Waals surface area contributed by atoms with Crippen molar-refractivity contribution in [3.63, 3.8) is 0 Å². The molecule has 0 aromatic carbocycles. The van der Waals surface area contributed by atoms with Crippen LogP contribution in [0.25, 0.3) is 0 Å². The summed E-state index contributed by atoms with van der Waals surface area (Å²) in [4.78, 5) is 18.6. The minimum absolute atomic E-state index is 0.137. The highest BCUT2D eigenvalue weighted by atomic mass is 16.2. The van der Waals surface area contributed by atoms with Gasteiger partial charge in [-0.15, -0.1) is 0 Å². The van der Waals surface area contributed by atoms with Crippen LogP contribution in [0.4, 0.5) is 5.69 Å². The van der Waals surface area contributed by atoms with E-state index < -0.39 is 0 Å². The number of hydrogen-bond acceptors (Lipinski definition) is 3. The number of aromatic nitrogens is 1. The molecule has 0 atom stereocenters. The van der Waals surface area contributed by atoms with E-state index in [-0.39, 0.29) is 5.91 Å². The van der Waals surface area contributed by atoms with Crippen LogP contribution in [0.5, 0.6) is 0 Å². The number of carbonyl (C=O) groups is 1. The first-order chi connectivity index (χ1) is 8.77. The third kappa shape index (κ3) is 2.81. The molecular weight excluding hydrogens is 226 g/mol. The summed E-state index contributed by atoms with van der Waals surface area (Å²) in [7, 11) is 1.82. The largest absolute Gasteiger partial charge is 0.386 e. The Morgan fingerprint density at radius 1 is 1.56 bits per heavy atom. The van der Waals surface area contributed by atoms with Gasteiger partial charge in [0.2, 0.25) is 0 Å². The molecule has 4 heteroatoms. The molecule has 1 N–H and O–H groups in total. The molecule has 18 heavy (non-hydrogen) atoms. The second-order valence-electron chi connectivity index (χ2n) is 4.75. The van der Waals surface area contributed by atoms with E-state index in [9.17, 15) is 4.79 Å². The lowest BCUT2D eigenvalue weighted by Crippen LogP contribution is -2.34. The van der Waals surface area contributed by atoms with E-state index in [1.54, 1.807) is 18.5 Å². The van der Waals surface area contributed by atoms with Gasteiger partial charge in [0.05, 0.1) is 17.4 Å². The van der Waals surface area contributed by atoms with Crippen LogP contribution in [0.3, 0.4) is 0 Å². The highest BCUT2D eigenvalue weighted by Crippen LogP contribution is 2.29. The predicted molar refractivity (Wildman–Crippen MR) is 72.8 cm³/mol. The Balaban J connectivity index is 2.16. The van der Waals surface area contributed by atoms with Crippen LogP contribution in [0, 0.1) is 0 Å². The Morgan fingerprint density at radius 2 is 2.33 bits per heavy atom. The van der Waals surface area contributed by atoms with E-state index in [2.05, 4.69) is 17.2 Å². The number of carbonyl (C=O) groups excluding carboxylic acids is 1. The summed E-state index contributed by atoms with van der Waals surface area (Å²) in [5.41, 5.74) is 1.54. The van der Waals surface area contributed by atoms with Gasteiger partial charge in [-0.1, -0.05) is 13.3 Å². The van der Waals surface area contributed by atoms with Gasteiger partial charge in [0.25, 0.3) is 5.91 Å². The number of pyridine rings is 1. The first-order valence-electron chi connectivity index (χ1n) is 6.70. The van der Waals surface area contributed by atoms with Crippen molar-refractivity contribution in [1.29, 1.82) is 0 Å². The maximum atomic E-state index is 12.6. The predicted octanol–water partition coefficient (Wildman–Crippen LogP) is 2.53. The number of unbranched alkanes of at least 4 members (excludes halogenated alkanes) is 1. The molecule has 1 aliphatic carbocycles. The number of hydrogen-bond donors (Lipinski definition) is 1. The molecule has 2 rings (SSSR count). The van der Waals surface area contributed by atoms with Crippen molar-refractivity contribution < 1.29 is 4.79 Å². The topological polar surface area (TPSA) is 45.2 Å². The lowest BCUT2D eigenvalue weighted by Gasteiger charge is -2.23. The molecule has 1 fully saturated rings. The third-order valence-corrected chi connectivity index (χ3v) is 3.32. The zero-order valence-corrected chi connectivity index (χ0v) is 11.1. The van der Waals surface area contributed by atoms with Gasteiger partial charge in [0.15, 0.2) is 0 Å². The van der Waals surface area contributed by atoms with Crippen molar-refractivity contribution in [3.05, 3.63) is 24.0 Å². The minimum Gasteiger partial charge on any atom is -0.386 e. The van der Waals surface area contributed by atoms with E-state index in [1.165, 1.54) is 0 Å². The average Bonchev–Trinajstić information content (AvgIpc) is 3.23. The van der Waals surface area contributed by atoms with Crippen LogP contribution >= 0.6 is 0 Å². The first-order valence-corrected chi connectivity index (χ1v) is 6.70. The third-order valence-electron chi connectivity index (χ3n) is 3.32. The zero-order valence-electron chi connectivity index (χ0n) is 11.1. The summed E-state index contributed by atoms with van der Waals surface area (Å²) >= 11 is 0. The summed E-state index contributed by atoms with van der Waals surface area (Å²) < 4.78 is 0. The van der Waals surface area contributed by atoms with Crippen molar-refractivity contribution in [3.8, 4) is 0 Å². The fourth-order valence-corrected chi connectivity index (χ4v) is 2.10. The Labute approximate surface area is 108 Å². The van der Waals surface area contributed by atoms with Crippen molar-refractivity contribution in [1.82, 2.24) is 9.88 Å². The lowest BCUT2D eigenvalue weighted by molar-refractivity contribution is 0.0741. The molecule has 0 radical (unpaired) electrons. The zero-order chi connectivity index (χ0) is 13.0. The lowest BCUT2D eigenvalue weighted by atomic mass is 10.2. The summed E-state index contributed by atoms with van der Waals surface area (Å²) in [6, 6.07) is 2.26. The molecule has 1 saturated carbocycles. The molecule has 0 aliphatic heterocycles. The van der Waals surface area contributed by atoms with Crippen LogP contribution in [0.15, 0.2) is 18.5 Å². The number of rotatable bonds is 6. The Morgan fingerprint density at radius 3 is 2.94 bits per heavy atom. The van der Waals surface area contributed by atoms with Crippen molar-refractivity contribution >= 4 is 11.6 Å². The number of amides is 1. The molecule has 98 valence electrons. The fraction of sp³-hybridized carbons (Fsp3) is 0.571. The Kier molecular flexibility index (Phi) is 4.18. The van der Waals surface area contributed by atoms with E-state index in [0.717, 1.165) is 43.5 Å². The van der Waals surface area contributed by atoms with Crippen LogP contribution in [-0.2, 0) is 0 Å². The Bertz CT molecular complexity index is 415. The summed E-state index contributed by atoms with van der Waals surface area (Å²) in [5.74, 6) is 0.137. The smallest absolute Gasteiger partial charge is 0.256 e. The van der Waals surface area contributed by atoms with Gasteiger partial charge >= 0.3 is 0 Å². The second-order valence-corrected chi connectivity index (χ2v) is 4.75. The number of anilines is 1. The molecule has 4 nitrogen and oxygen atoms in total. The standard InChI is InChI=1S/C14H21N3O/c1-3-4-9-17(11-5-6-11)14(18)12-7-8-16-10-13(12)15-2/h7-8,10-11,15H,3-6,9H2,1-2H3. The van der Waals surface area contributed by atoms with Crippen molar-refractivity contribution in [2.24, 2.45) is 0 Å². The van der Waals surface area contributed by atoms with Gasteiger partial charge < -0.3 is 10.2 Å². The molecule has 1 aromatic heterocycles. The summed E-state index contributed by atoms with van der Waals surface area (Å²) in [6.45, 7) is 3.02. The van der Waals surface area contributed by atoms with Gasteiger partial charge in [-0.3, -0.25) is 9.78 Å². The van der Waals surface area contributed by atoms with Gasteiger partial charge in [0, 0.05) is 25.8 Å². The SMILES string of the molecule is CCCCN(C(=O)c1ccncc1NC)C1CC1. The van der Waals surface area contributed by atoms with Crippen molar-refractivity contribution in [2.75, 3.05) is 18.9 Å². The van der Waals surface area contributed by atoms with E-state index in [1.807, 2.05) is 11.9 Å². The van der Waals surface area contributed by atoms with E-state index >= 15 is 0 Å². The summed E-state index contributed by atoms with van der Waals surface area (Å²) in [5, 5.41) is 3.04. The van der Waals surface area contributed by atoms with Gasteiger partial charge in [-0.25, -0.2) is 0 Å². The molecule has 0 unspecified atom stereocenters. The van der Waals surface area contributed by atoms with Crippen molar-refractivity contribution in [2.45, 2.75) is 38.6 Å². The van der Waals surface area contributed by atoms with Gasteiger partial charge in [0.1, 0.15) is 0 Å². The van der Waals surface area contributed by atoms with E-state index in [0.29, 0.717) is 6.04 Å². The quantitative estimate of drug-likeness (QED) is 0.840. The molecule has 0 saturated heterocycles. The Hall–Kier alpha value is -1.58. The van der Waals surface area contributed by atoms with Crippen LogP contribution < -0.4 is 5.32 Å². The monoisotopic (exact) mass is 247 g/mol. The molecule has 1 aliphatic rings. The van der Waals surface area contributed by atoms with Crippen LogP contribution in [-0.4, -0.2) is 35.4 Å². The van der Waals surface area contributed by atoms with Gasteiger partial charge in [-0.05, 0) is 25.3 Å².